The molecule has 6 heteroatoms. The van der Waals surface area contributed by atoms with Gasteiger partial charge in [0, 0.05) is 18.1 Å². The monoisotopic (exact) mass is 281 g/mol. The van der Waals surface area contributed by atoms with Crippen LogP contribution in [0.5, 0.6) is 0 Å². The van der Waals surface area contributed by atoms with E-state index in [1.807, 2.05) is 0 Å². The van der Waals surface area contributed by atoms with Gasteiger partial charge in [0.15, 0.2) is 5.76 Å². The lowest BCUT2D eigenvalue weighted by atomic mass is 9.93. The highest BCUT2D eigenvalue weighted by Crippen LogP contribution is 2.19. The Morgan fingerprint density at radius 1 is 1.45 bits per heavy atom. The number of hydrogen-bond donors (Lipinski definition) is 2. The molecule has 2 rings (SSSR count). The number of hydrogen-bond acceptors (Lipinski definition) is 4. The zero-order valence-corrected chi connectivity index (χ0v) is 11.6. The topological polar surface area (TPSA) is 88.8 Å². The van der Waals surface area contributed by atoms with Crippen molar-refractivity contribution in [2.75, 3.05) is 13.2 Å². The van der Waals surface area contributed by atoms with Crippen LogP contribution in [0.4, 0.5) is 0 Å². The molecule has 2 atom stereocenters. The van der Waals surface area contributed by atoms with Gasteiger partial charge in [0.2, 0.25) is 0 Å². The molecular weight excluding hydrogens is 262 g/mol. The zero-order valence-electron chi connectivity index (χ0n) is 11.6. The van der Waals surface area contributed by atoms with Crippen LogP contribution in [-0.4, -0.2) is 36.2 Å². The standard InChI is InChI=1S/C14H19NO5/c1-8-6-9(2)20-12(8)13(16)15-11(14(17)18)10-4-3-5-19-7-10/h6,10-11H,3-5,7H2,1-2H3,(H,15,16)(H,17,18). The van der Waals surface area contributed by atoms with Crippen molar-refractivity contribution in [2.24, 2.45) is 5.92 Å². The highest BCUT2D eigenvalue weighted by molar-refractivity contribution is 5.95. The summed E-state index contributed by atoms with van der Waals surface area (Å²) in [5.41, 5.74) is 0.698. The second-order valence-electron chi connectivity index (χ2n) is 5.14. The molecule has 2 heterocycles. The largest absolute Gasteiger partial charge is 0.480 e. The Balaban J connectivity index is 2.09. The third-order valence-corrected chi connectivity index (χ3v) is 3.47. The first-order valence-electron chi connectivity index (χ1n) is 6.67. The van der Waals surface area contributed by atoms with Crippen LogP contribution in [0, 0.1) is 19.8 Å². The minimum absolute atomic E-state index is 0.172. The van der Waals surface area contributed by atoms with Crippen LogP contribution in [0.3, 0.4) is 0 Å². The molecule has 1 aromatic rings. The van der Waals surface area contributed by atoms with Crippen LogP contribution < -0.4 is 5.32 Å². The Morgan fingerprint density at radius 2 is 2.20 bits per heavy atom. The van der Waals surface area contributed by atoms with Crippen LogP contribution in [-0.2, 0) is 9.53 Å². The van der Waals surface area contributed by atoms with Gasteiger partial charge in [-0.15, -0.1) is 0 Å². The van der Waals surface area contributed by atoms with Crippen molar-refractivity contribution >= 4 is 11.9 Å². The predicted molar refractivity (Wildman–Crippen MR) is 70.6 cm³/mol. The minimum Gasteiger partial charge on any atom is -0.480 e. The average Bonchev–Trinajstić information content (AvgIpc) is 2.75. The summed E-state index contributed by atoms with van der Waals surface area (Å²) in [6.45, 7) is 4.50. The smallest absolute Gasteiger partial charge is 0.326 e. The third-order valence-electron chi connectivity index (χ3n) is 3.47. The maximum atomic E-state index is 12.1. The Hall–Kier alpha value is -1.82. The van der Waals surface area contributed by atoms with Gasteiger partial charge in [-0.2, -0.15) is 0 Å². The highest BCUT2D eigenvalue weighted by Gasteiger charge is 2.32. The number of furan rings is 1. The molecule has 0 bridgehead atoms. The lowest BCUT2D eigenvalue weighted by Gasteiger charge is -2.27. The lowest BCUT2D eigenvalue weighted by molar-refractivity contribution is -0.142. The summed E-state index contributed by atoms with van der Waals surface area (Å²) in [4.78, 5) is 23.5. The van der Waals surface area contributed by atoms with Gasteiger partial charge in [-0.25, -0.2) is 4.79 Å². The summed E-state index contributed by atoms with van der Waals surface area (Å²) in [5.74, 6) is -0.948. The number of aryl methyl sites for hydroxylation is 2. The van der Waals surface area contributed by atoms with Gasteiger partial charge in [0.1, 0.15) is 11.8 Å². The molecule has 0 saturated carbocycles. The second-order valence-corrected chi connectivity index (χ2v) is 5.14. The molecule has 6 nitrogen and oxygen atoms in total. The Labute approximate surface area is 117 Å². The van der Waals surface area contributed by atoms with Gasteiger partial charge >= 0.3 is 5.97 Å². The average molecular weight is 281 g/mol. The molecule has 0 aromatic carbocycles. The maximum Gasteiger partial charge on any atom is 0.326 e. The van der Waals surface area contributed by atoms with E-state index >= 15 is 0 Å². The summed E-state index contributed by atoms with van der Waals surface area (Å²) >= 11 is 0. The van der Waals surface area contributed by atoms with E-state index in [0.717, 1.165) is 12.8 Å². The highest BCUT2D eigenvalue weighted by atomic mass is 16.5. The van der Waals surface area contributed by atoms with Crippen molar-refractivity contribution in [3.05, 3.63) is 23.2 Å². The summed E-state index contributed by atoms with van der Waals surface area (Å²) < 4.78 is 10.6. The molecule has 110 valence electrons. The van der Waals surface area contributed by atoms with Crippen molar-refractivity contribution in [1.29, 1.82) is 0 Å². The first-order chi connectivity index (χ1) is 9.49. The Morgan fingerprint density at radius 3 is 2.70 bits per heavy atom. The number of nitrogens with one attached hydrogen (secondary N) is 1. The summed E-state index contributed by atoms with van der Waals surface area (Å²) in [7, 11) is 0. The van der Waals surface area contributed by atoms with Crippen molar-refractivity contribution in [3.8, 4) is 0 Å². The molecule has 1 aliphatic heterocycles. The first kappa shape index (κ1) is 14.6. The molecule has 0 radical (unpaired) electrons. The van der Waals surface area contributed by atoms with Gasteiger partial charge in [-0.05, 0) is 32.8 Å². The molecule has 1 amide bonds. The quantitative estimate of drug-likeness (QED) is 0.873. The number of rotatable bonds is 4. The molecular formula is C14H19NO5. The van der Waals surface area contributed by atoms with E-state index in [4.69, 9.17) is 9.15 Å². The molecule has 1 fully saturated rings. The van der Waals surface area contributed by atoms with Crippen molar-refractivity contribution in [1.82, 2.24) is 5.32 Å². The summed E-state index contributed by atoms with van der Waals surface area (Å²) in [5, 5.41) is 11.8. The molecule has 0 aliphatic carbocycles. The fraction of sp³-hybridized carbons (Fsp3) is 0.571. The van der Waals surface area contributed by atoms with Gasteiger partial charge < -0.3 is 19.6 Å². The number of carbonyl (C=O) groups excluding carboxylic acids is 1. The van der Waals surface area contributed by atoms with Crippen molar-refractivity contribution in [2.45, 2.75) is 32.7 Å². The van der Waals surface area contributed by atoms with E-state index in [1.54, 1.807) is 19.9 Å². The van der Waals surface area contributed by atoms with E-state index in [9.17, 15) is 14.7 Å². The van der Waals surface area contributed by atoms with Crippen molar-refractivity contribution in [3.63, 3.8) is 0 Å². The van der Waals surface area contributed by atoms with E-state index in [-0.39, 0.29) is 11.7 Å². The molecule has 1 aromatic heterocycles. The molecule has 1 aliphatic rings. The van der Waals surface area contributed by atoms with Crippen LogP contribution in [0.2, 0.25) is 0 Å². The molecule has 2 N–H and O–H groups in total. The second kappa shape index (κ2) is 6.09. The van der Waals surface area contributed by atoms with Crippen molar-refractivity contribution < 1.29 is 23.8 Å². The minimum atomic E-state index is -1.05. The van der Waals surface area contributed by atoms with E-state index in [1.165, 1.54) is 0 Å². The summed E-state index contributed by atoms with van der Waals surface area (Å²) in [6.07, 6.45) is 1.54. The predicted octanol–water partition coefficient (Wildman–Crippen LogP) is 1.51. The van der Waals surface area contributed by atoms with E-state index < -0.39 is 17.9 Å². The first-order valence-corrected chi connectivity index (χ1v) is 6.67. The molecule has 2 unspecified atom stereocenters. The third kappa shape index (κ3) is 3.19. The zero-order chi connectivity index (χ0) is 14.7. The number of amides is 1. The normalized spacial score (nSPS) is 20.4. The van der Waals surface area contributed by atoms with Crippen LogP contribution in [0.15, 0.2) is 10.5 Å². The van der Waals surface area contributed by atoms with Gasteiger partial charge in [0.05, 0.1) is 6.61 Å². The number of carbonyl (C=O) groups is 2. The number of aliphatic carboxylic acids is 1. The van der Waals surface area contributed by atoms with Crippen LogP contribution in [0.25, 0.3) is 0 Å². The molecule has 1 saturated heterocycles. The number of carboxylic acid groups (broad SMARTS) is 1. The van der Waals surface area contributed by atoms with Crippen LogP contribution >= 0.6 is 0 Å². The number of ether oxygens (including phenoxy) is 1. The maximum absolute atomic E-state index is 12.1. The van der Waals surface area contributed by atoms with Crippen LogP contribution in [0.1, 0.15) is 34.7 Å². The summed E-state index contributed by atoms with van der Waals surface area (Å²) in [6, 6.07) is 0.793. The Kier molecular flexibility index (Phi) is 4.44. The van der Waals surface area contributed by atoms with E-state index in [2.05, 4.69) is 5.32 Å². The molecule has 0 spiro atoms. The van der Waals surface area contributed by atoms with Gasteiger partial charge in [-0.1, -0.05) is 0 Å². The lowest BCUT2D eigenvalue weighted by Crippen LogP contribution is -2.48. The van der Waals surface area contributed by atoms with Gasteiger partial charge in [-0.3, -0.25) is 4.79 Å². The number of carboxylic acids is 1. The SMILES string of the molecule is Cc1cc(C)c(C(=O)NC(C(=O)O)C2CCCOC2)o1. The Bertz CT molecular complexity index is 502. The van der Waals surface area contributed by atoms with Gasteiger partial charge in [0.25, 0.3) is 5.91 Å². The fourth-order valence-corrected chi connectivity index (χ4v) is 2.48. The molecule has 20 heavy (non-hydrogen) atoms. The van der Waals surface area contributed by atoms with E-state index in [0.29, 0.717) is 24.5 Å². The fourth-order valence-electron chi connectivity index (χ4n) is 2.48.